The predicted octanol–water partition coefficient (Wildman–Crippen LogP) is 4.27. The van der Waals surface area contributed by atoms with Crippen molar-refractivity contribution >= 4 is 6.21 Å². The highest BCUT2D eigenvalue weighted by Gasteiger charge is 2.13. The van der Waals surface area contributed by atoms with Crippen molar-refractivity contribution in [1.82, 2.24) is 0 Å². The van der Waals surface area contributed by atoms with Gasteiger partial charge in [0.25, 0.3) is 0 Å². The zero-order valence-corrected chi connectivity index (χ0v) is 9.47. The van der Waals surface area contributed by atoms with Crippen LogP contribution in [0.4, 0.5) is 0 Å². The van der Waals surface area contributed by atoms with Gasteiger partial charge in [0.15, 0.2) is 0 Å². The fourth-order valence-corrected chi connectivity index (χ4v) is 1.94. The normalized spacial score (nSPS) is 15.3. The molecule has 0 saturated heterocycles. The Morgan fingerprint density at radius 2 is 1.92 bits per heavy atom. The van der Waals surface area contributed by atoms with E-state index in [1.54, 1.807) is 6.21 Å². The minimum absolute atomic E-state index is 0.804. The molecule has 0 radical (unpaired) electrons. The molecule has 0 saturated carbocycles. The second kappa shape index (κ2) is 8.28. The van der Waals surface area contributed by atoms with Gasteiger partial charge in [-0.2, -0.15) is 0 Å². The van der Waals surface area contributed by atoms with Crippen LogP contribution in [-0.4, -0.2) is 6.21 Å². The van der Waals surface area contributed by atoms with Gasteiger partial charge in [-0.25, -0.2) is 0 Å². The van der Waals surface area contributed by atoms with Crippen molar-refractivity contribution in [2.45, 2.75) is 59.3 Å². The fourth-order valence-electron chi connectivity index (χ4n) is 1.94. The van der Waals surface area contributed by atoms with Gasteiger partial charge < -0.3 is 5.41 Å². The van der Waals surface area contributed by atoms with E-state index in [1.165, 1.54) is 32.1 Å². The van der Waals surface area contributed by atoms with Crippen molar-refractivity contribution in [3.8, 4) is 0 Å². The Balaban J connectivity index is 3.69. The maximum atomic E-state index is 7.01. The lowest BCUT2D eigenvalue weighted by Crippen LogP contribution is -2.11. The molecular formula is C12H25N. The Morgan fingerprint density at radius 1 is 1.23 bits per heavy atom. The summed E-state index contributed by atoms with van der Waals surface area (Å²) in [5.41, 5.74) is 0. The van der Waals surface area contributed by atoms with Crippen LogP contribution in [0.2, 0.25) is 0 Å². The van der Waals surface area contributed by atoms with E-state index < -0.39 is 0 Å². The molecule has 1 N–H and O–H groups in total. The number of nitrogens with one attached hydrogen (secondary N) is 1. The molecule has 0 bridgehead atoms. The summed E-state index contributed by atoms with van der Waals surface area (Å²) in [7, 11) is 0. The lowest BCUT2D eigenvalue weighted by Gasteiger charge is -2.21. The van der Waals surface area contributed by atoms with Gasteiger partial charge in [-0.15, -0.1) is 0 Å². The molecule has 1 nitrogen and oxygen atoms in total. The van der Waals surface area contributed by atoms with Gasteiger partial charge in [0, 0.05) is 0 Å². The van der Waals surface area contributed by atoms with Crippen LogP contribution in [0.15, 0.2) is 0 Å². The van der Waals surface area contributed by atoms with Gasteiger partial charge in [0.05, 0.1) is 0 Å². The zero-order valence-electron chi connectivity index (χ0n) is 9.47. The maximum absolute atomic E-state index is 7.01. The first kappa shape index (κ1) is 12.7. The minimum Gasteiger partial charge on any atom is -0.313 e. The lowest BCUT2D eigenvalue weighted by molar-refractivity contribution is 0.305. The smallest absolute Gasteiger partial charge is 0.00476 e. The maximum Gasteiger partial charge on any atom is -0.00476 e. The van der Waals surface area contributed by atoms with E-state index in [9.17, 15) is 0 Å². The molecule has 0 aliphatic rings. The second-order valence-electron chi connectivity index (χ2n) is 4.07. The minimum atomic E-state index is 0.804. The first-order chi connectivity index (χ1) is 6.26. The molecule has 0 fully saturated rings. The third-order valence-corrected chi connectivity index (χ3v) is 3.02. The lowest BCUT2D eigenvalue weighted by atomic mass is 9.84. The highest BCUT2D eigenvalue weighted by atomic mass is 14.3. The van der Waals surface area contributed by atoms with Crippen LogP contribution in [0.1, 0.15) is 59.3 Å². The van der Waals surface area contributed by atoms with Gasteiger partial charge in [-0.05, 0) is 30.9 Å². The van der Waals surface area contributed by atoms with Crippen LogP contribution in [0.25, 0.3) is 0 Å². The summed E-state index contributed by atoms with van der Waals surface area (Å²) in [6.45, 7) is 6.89. The third-order valence-electron chi connectivity index (χ3n) is 3.02. The van der Waals surface area contributed by atoms with E-state index in [4.69, 9.17) is 5.41 Å². The van der Waals surface area contributed by atoms with Gasteiger partial charge in [0.2, 0.25) is 0 Å². The molecule has 0 aliphatic carbocycles. The van der Waals surface area contributed by atoms with Gasteiger partial charge in [-0.3, -0.25) is 0 Å². The van der Waals surface area contributed by atoms with Gasteiger partial charge >= 0.3 is 0 Å². The van der Waals surface area contributed by atoms with E-state index in [0.29, 0.717) is 0 Å². The topological polar surface area (TPSA) is 23.9 Å². The van der Waals surface area contributed by atoms with Crippen molar-refractivity contribution in [2.24, 2.45) is 11.8 Å². The van der Waals surface area contributed by atoms with Crippen LogP contribution in [0, 0.1) is 17.2 Å². The molecular weight excluding hydrogens is 158 g/mol. The molecule has 78 valence electrons. The molecule has 2 atom stereocenters. The van der Waals surface area contributed by atoms with Gasteiger partial charge in [-0.1, -0.05) is 46.5 Å². The molecule has 0 unspecified atom stereocenters. The summed E-state index contributed by atoms with van der Waals surface area (Å²) in [6, 6.07) is 0. The Labute approximate surface area is 83.4 Å². The molecule has 0 aliphatic heterocycles. The number of unbranched alkanes of at least 4 members (excludes halogenated alkanes) is 1. The summed E-state index contributed by atoms with van der Waals surface area (Å²) in [5.74, 6) is 1.69. The molecule has 0 aromatic carbocycles. The molecule has 13 heavy (non-hydrogen) atoms. The number of rotatable bonds is 8. The van der Waals surface area contributed by atoms with E-state index in [-0.39, 0.29) is 0 Å². The average molecular weight is 183 g/mol. The molecule has 0 rings (SSSR count). The number of hydrogen-bond acceptors (Lipinski definition) is 1. The van der Waals surface area contributed by atoms with E-state index in [0.717, 1.165) is 18.3 Å². The van der Waals surface area contributed by atoms with Crippen molar-refractivity contribution in [1.29, 1.82) is 5.41 Å². The first-order valence-electron chi connectivity index (χ1n) is 5.75. The molecule has 0 aromatic heterocycles. The summed E-state index contributed by atoms with van der Waals surface area (Å²) in [4.78, 5) is 0. The summed E-state index contributed by atoms with van der Waals surface area (Å²) in [5, 5.41) is 7.01. The van der Waals surface area contributed by atoms with Gasteiger partial charge in [0.1, 0.15) is 0 Å². The SMILES string of the molecule is CCCC[C@@H](CC)[C@@H](C)CCC=N. The Hall–Kier alpha value is -0.330. The number of hydrogen-bond donors (Lipinski definition) is 1. The van der Waals surface area contributed by atoms with Crippen molar-refractivity contribution in [3.63, 3.8) is 0 Å². The molecule has 0 heterocycles. The molecule has 1 heteroatoms. The Morgan fingerprint density at radius 3 is 2.38 bits per heavy atom. The van der Waals surface area contributed by atoms with Crippen LogP contribution in [0.5, 0.6) is 0 Å². The first-order valence-corrected chi connectivity index (χ1v) is 5.75. The van der Waals surface area contributed by atoms with Crippen LogP contribution in [-0.2, 0) is 0 Å². The van der Waals surface area contributed by atoms with Crippen LogP contribution < -0.4 is 0 Å². The van der Waals surface area contributed by atoms with Crippen molar-refractivity contribution in [3.05, 3.63) is 0 Å². The standard InChI is InChI=1S/C12H25N/c1-4-6-9-12(5-2)11(3)8-7-10-13/h10-13H,4-9H2,1-3H3/t11-,12+/m0/s1. The summed E-state index contributed by atoms with van der Waals surface area (Å²) < 4.78 is 0. The Kier molecular flexibility index (Phi) is 8.07. The van der Waals surface area contributed by atoms with E-state index >= 15 is 0 Å². The quantitative estimate of drug-likeness (QED) is 0.543. The highest BCUT2D eigenvalue weighted by molar-refractivity contribution is 5.52. The average Bonchev–Trinajstić information content (AvgIpc) is 2.16. The summed E-state index contributed by atoms with van der Waals surface area (Å²) in [6.07, 6.45) is 9.07. The zero-order chi connectivity index (χ0) is 10.1. The molecule has 0 aromatic rings. The van der Waals surface area contributed by atoms with Crippen molar-refractivity contribution in [2.75, 3.05) is 0 Å². The van der Waals surface area contributed by atoms with Crippen LogP contribution >= 0.6 is 0 Å². The largest absolute Gasteiger partial charge is 0.313 e. The summed E-state index contributed by atoms with van der Waals surface area (Å²) >= 11 is 0. The fraction of sp³-hybridized carbons (Fsp3) is 0.917. The predicted molar refractivity (Wildman–Crippen MR) is 60.5 cm³/mol. The molecule has 0 spiro atoms. The van der Waals surface area contributed by atoms with E-state index in [1.807, 2.05) is 0 Å². The van der Waals surface area contributed by atoms with E-state index in [2.05, 4.69) is 20.8 Å². The third kappa shape index (κ3) is 5.84. The van der Waals surface area contributed by atoms with Crippen LogP contribution in [0.3, 0.4) is 0 Å². The Bertz CT molecular complexity index is 120. The molecule has 0 amide bonds. The highest BCUT2D eigenvalue weighted by Crippen LogP contribution is 2.25. The monoisotopic (exact) mass is 183 g/mol. The van der Waals surface area contributed by atoms with Crippen molar-refractivity contribution < 1.29 is 0 Å². The second-order valence-corrected chi connectivity index (χ2v) is 4.07.